The number of benzene rings is 1. The lowest BCUT2D eigenvalue weighted by molar-refractivity contribution is 0.511. The van der Waals surface area contributed by atoms with Crippen LogP contribution in [-0.4, -0.2) is 9.55 Å². The molecule has 0 aliphatic rings. The van der Waals surface area contributed by atoms with E-state index in [2.05, 4.69) is 11.9 Å². The Bertz CT molecular complexity index is 605. The minimum Gasteiger partial charge on any atom is -0.383 e. The number of halogens is 2. The van der Waals surface area contributed by atoms with Crippen LogP contribution in [0.25, 0.3) is 11.3 Å². The van der Waals surface area contributed by atoms with Crippen LogP contribution in [0.15, 0.2) is 18.2 Å². The maximum absolute atomic E-state index is 13.9. The van der Waals surface area contributed by atoms with Crippen molar-refractivity contribution in [3.05, 3.63) is 35.7 Å². The second kappa shape index (κ2) is 6.03. The van der Waals surface area contributed by atoms with Crippen molar-refractivity contribution in [3.63, 3.8) is 0 Å². The number of unbranched alkanes of at least 4 members (excludes halogenated alkanes) is 1. The van der Waals surface area contributed by atoms with Crippen molar-refractivity contribution in [2.45, 2.75) is 39.7 Å². The highest BCUT2D eigenvalue weighted by Crippen LogP contribution is 2.30. The molecule has 0 saturated heterocycles. The van der Waals surface area contributed by atoms with Gasteiger partial charge in [0.15, 0.2) is 11.6 Å². The Balaban J connectivity index is 2.52. The molecule has 5 heteroatoms. The van der Waals surface area contributed by atoms with E-state index >= 15 is 0 Å². The van der Waals surface area contributed by atoms with Gasteiger partial charge in [-0.05, 0) is 18.6 Å². The molecule has 1 heterocycles. The summed E-state index contributed by atoms with van der Waals surface area (Å²) in [4.78, 5) is 4.38. The van der Waals surface area contributed by atoms with E-state index in [1.807, 2.05) is 11.5 Å². The molecule has 1 aromatic heterocycles. The number of imidazole rings is 1. The molecule has 3 nitrogen and oxygen atoms in total. The minimum absolute atomic E-state index is 0.118. The lowest BCUT2D eigenvalue weighted by Gasteiger charge is -2.08. The molecule has 0 radical (unpaired) electrons. The minimum atomic E-state index is -0.901. The molecule has 20 heavy (non-hydrogen) atoms. The van der Waals surface area contributed by atoms with E-state index in [0.29, 0.717) is 17.9 Å². The average molecular weight is 279 g/mol. The zero-order chi connectivity index (χ0) is 14.7. The van der Waals surface area contributed by atoms with Crippen molar-refractivity contribution in [3.8, 4) is 11.3 Å². The van der Waals surface area contributed by atoms with Crippen LogP contribution in [0, 0.1) is 11.6 Å². The Morgan fingerprint density at radius 2 is 2.00 bits per heavy atom. The van der Waals surface area contributed by atoms with Gasteiger partial charge in [0.25, 0.3) is 0 Å². The predicted octanol–water partition coefficient (Wildman–Crippen LogP) is 3.77. The van der Waals surface area contributed by atoms with Gasteiger partial charge >= 0.3 is 0 Å². The van der Waals surface area contributed by atoms with Crippen LogP contribution in [0.5, 0.6) is 0 Å². The van der Waals surface area contributed by atoms with Crippen LogP contribution in [-0.2, 0) is 13.0 Å². The van der Waals surface area contributed by atoms with Crippen molar-refractivity contribution in [1.29, 1.82) is 0 Å². The van der Waals surface area contributed by atoms with Crippen molar-refractivity contribution >= 4 is 5.82 Å². The summed E-state index contributed by atoms with van der Waals surface area (Å²) >= 11 is 0. The summed E-state index contributed by atoms with van der Waals surface area (Å²) in [5.41, 5.74) is 6.53. The highest BCUT2D eigenvalue weighted by atomic mass is 19.2. The second-order valence-corrected chi connectivity index (χ2v) is 4.72. The smallest absolute Gasteiger partial charge is 0.168 e. The number of nitrogens with two attached hydrogens (primary N) is 1. The normalized spacial score (nSPS) is 11.0. The lowest BCUT2D eigenvalue weighted by atomic mass is 10.1. The van der Waals surface area contributed by atoms with E-state index in [-0.39, 0.29) is 5.56 Å². The number of hydrogen-bond acceptors (Lipinski definition) is 2. The molecule has 1 aromatic carbocycles. The van der Waals surface area contributed by atoms with Crippen LogP contribution >= 0.6 is 0 Å². The highest BCUT2D eigenvalue weighted by Gasteiger charge is 2.19. The standard InChI is InChI=1S/C15H19F2N3/c1-3-5-9-20-12(4-2)19-14(15(20)18)10-7-6-8-11(16)13(10)17/h6-8H,3-5,9,18H2,1-2H3. The molecular formula is C15H19F2N3. The Labute approximate surface area is 117 Å². The predicted molar refractivity (Wildman–Crippen MR) is 76.3 cm³/mol. The molecule has 0 bridgehead atoms. The third-order valence-electron chi connectivity index (χ3n) is 3.34. The summed E-state index contributed by atoms with van der Waals surface area (Å²) in [6.07, 6.45) is 2.70. The number of aryl methyl sites for hydroxylation is 1. The Kier molecular flexibility index (Phi) is 4.37. The van der Waals surface area contributed by atoms with Crippen molar-refractivity contribution in [1.82, 2.24) is 9.55 Å². The van der Waals surface area contributed by atoms with Gasteiger partial charge in [-0.15, -0.1) is 0 Å². The molecule has 0 amide bonds. The van der Waals surface area contributed by atoms with Crippen LogP contribution in [0.4, 0.5) is 14.6 Å². The molecule has 0 spiro atoms. The van der Waals surface area contributed by atoms with Gasteiger partial charge in [-0.25, -0.2) is 13.8 Å². The van der Waals surface area contributed by atoms with Crippen molar-refractivity contribution < 1.29 is 8.78 Å². The van der Waals surface area contributed by atoms with Gasteiger partial charge in [0.05, 0.1) is 0 Å². The van der Waals surface area contributed by atoms with E-state index in [1.54, 1.807) is 0 Å². The summed E-state index contributed by atoms with van der Waals surface area (Å²) in [7, 11) is 0. The molecule has 0 aliphatic heterocycles. The topological polar surface area (TPSA) is 43.8 Å². The largest absolute Gasteiger partial charge is 0.383 e. The van der Waals surface area contributed by atoms with E-state index in [4.69, 9.17) is 5.73 Å². The molecule has 2 rings (SSSR count). The molecule has 2 aromatic rings. The van der Waals surface area contributed by atoms with Gasteiger partial charge in [-0.1, -0.05) is 26.3 Å². The molecule has 2 N–H and O–H groups in total. The van der Waals surface area contributed by atoms with Gasteiger partial charge in [0.1, 0.15) is 17.3 Å². The SMILES string of the molecule is CCCCn1c(CC)nc(-c2cccc(F)c2F)c1N. The van der Waals surface area contributed by atoms with Crippen molar-refractivity contribution in [2.24, 2.45) is 0 Å². The van der Waals surface area contributed by atoms with Gasteiger partial charge in [0.2, 0.25) is 0 Å². The van der Waals surface area contributed by atoms with E-state index in [0.717, 1.165) is 31.3 Å². The molecule has 0 unspecified atom stereocenters. The third-order valence-corrected chi connectivity index (χ3v) is 3.34. The summed E-state index contributed by atoms with van der Waals surface area (Å²) in [6, 6.07) is 4.05. The van der Waals surface area contributed by atoms with Crippen LogP contribution in [0.3, 0.4) is 0 Å². The fraction of sp³-hybridized carbons (Fsp3) is 0.400. The van der Waals surface area contributed by atoms with Crippen molar-refractivity contribution in [2.75, 3.05) is 5.73 Å². The number of hydrogen-bond donors (Lipinski definition) is 1. The first-order chi connectivity index (χ1) is 9.60. The summed E-state index contributed by atoms with van der Waals surface area (Å²) < 4.78 is 29.1. The van der Waals surface area contributed by atoms with Crippen LogP contribution < -0.4 is 5.73 Å². The Morgan fingerprint density at radius 1 is 1.25 bits per heavy atom. The summed E-state index contributed by atoms with van der Waals surface area (Å²) in [6.45, 7) is 4.80. The maximum Gasteiger partial charge on any atom is 0.168 e. The fourth-order valence-corrected chi connectivity index (χ4v) is 2.23. The van der Waals surface area contributed by atoms with Crippen LogP contribution in [0.2, 0.25) is 0 Å². The summed E-state index contributed by atoms with van der Waals surface area (Å²) in [5, 5.41) is 0. The van der Waals surface area contributed by atoms with E-state index < -0.39 is 11.6 Å². The quantitative estimate of drug-likeness (QED) is 0.905. The van der Waals surface area contributed by atoms with Gasteiger partial charge < -0.3 is 10.3 Å². The molecule has 0 aliphatic carbocycles. The molecule has 0 atom stereocenters. The number of aromatic nitrogens is 2. The second-order valence-electron chi connectivity index (χ2n) is 4.72. The lowest BCUT2D eigenvalue weighted by Crippen LogP contribution is -2.06. The van der Waals surface area contributed by atoms with E-state index in [1.165, 1.54) is 12.1 Å². The number of rotatable bonds is 5. The number of nitrogen functional groups attached to an aromatic ring is 1. The fourth-order valence-electron chi connectivity index (χ4n) is 2.23. The van der Waals surface area contributed by atoms with E-state index in [9.17, 15) is 8.78 Å². The Hall–Kier alpha value is -1.91. The van der Waals surface area contributed by atoms with Gasteiger partial charge in [-0.2, -0.15) is 0 Å². The number of anilines is 1. The maximum atomic E-state index is 13.9. The Morgan fingerprint density at radius 3 is 2.65 bits per heavy atom. The van der Waals surface area contributed by atoms with Crippen LogP contribution in [0.1, 0.15) is 32.5 Å². The number of nitrogens with zero attached hydrogens (tertiary/aromatic N) is 2. The molecule has 108 valence electrons. The van der Waals surface area contributed by atoms with Gasteiger partial charge in [-0.3, -0.25) is 0 Å². The third kappa shape index (κ3) is 2.53. The monoisotopic (exact) mass is 279 g/mol. The molecule has 0 fully saturated rings. The average Bonchev–Trinajstić information content (AvgIpc) is 2.76. The first-order valence-corrected chi connectivity index (χ1v) is 6.89. The first-order valence-electron chi connectivity index (χ1n) is 6.89. The molecule has 0 saturated carbocycles. The van der Waals surface area contributed by atoms with Gasteiger partial charge in [0, 0.05) is 18.5 Å². The zero-order valence-corrected chi connectivity index (χ0v) is 11.8. The zero-order valence-electron chi connectivity index (χ0n) is 11.8. The first kappa shape index (κ1) is 14.5. The molecular weight excluding hydrogens is 260 g/mol. The summed E-state index contributed by atoms with van der Waals surface area (Å²) in [5.74, 6) is -0.584. The highest BCUT2D eigenvalue weighted by molar-refractivity contribution is 5.71.